The van der Waals surface area contributed by atoms with Crippen LogP contribution in [0.3, 0.4) is 0 Å². The van der Waals surface area contributed by atoms with E-state index < -0.39 is 36.2 Å². The lowest BCUT2D eigenvalue weighted by Gasteiger charge is -2.39. The fourth-order valence-electron chi connectivity index (χ4n) is 9.93. The number of esters is 2. The van der Waals surface area contributed by atoms with Crippen LogP contribution in [0.15, 0.2) is 34.5 Å². The highest BCUT2D eigenvalue weighted by molar-refractivity contribution is 5.99. The predicted octanol–water partition coefficient (Wildman–Crippen LogP) is 6.49. The van der Waals surface area contributed by atoms with Gasteiger partial charge < -0.3 is 56.8 Å². The molecule has 18 nitrogen and oxygen atoms in total. The van der Waals surface area contributed by atoms with Crippen molar-refractivity contribution in [2.24, 2.45) is 10.2 Å². The number of cyclic esters (lactones) is 2. The molecule has 4 aromatic rings. The summed E-state index contributed by atoms with van der Waals surface area (Å²) in [6, 6.07) is 6.10. The van der Waals surface area contributed by atoms with Gasteiger partial charge in [0.05, 0.1) is 54.7 Å². The van der Waals surface area contributed by atoms with Crippen LogP contribution in [-0.2, 0) is 22.3 Å². The maximum atomic E-state index is 13.6. The molecule has 4 aromatic carbocycles. The number of nitrogens with zero attached hydrogens (tertiary/aromatic N) is 4. The fourth-order valence-corrected chi connectivity index (χ4v) is 9.93. The largest absolute Gasteiger partial charge is 0.493 e. The predicted molar refractivity (Wildman–Crippen MR) is 216 cm³/mol. The van der Waals surface area contributed by atoms with Gasteiger partial charge >= 0.3 is 11.9 Å². The highest BCUT2D eigenvalue weighted by atomic mass is 16.7. The molecule has 6 heterocycles. The number of azo groups is 1. The zero-order valence-electron chi connectivity index (χ0n) is 35.4. The molecule has 6 aliphatic heterocycles. The molecule has 0 N–H and O–H groups in total. The van der Waals surface area contributed by atoms with Gasteiger partial charge in [-0.15, -0.1) is 10.2 Å². The van der Waals surface area contributed by atoms with Crippen LogP contribution in [0, 0.1) is 0 Å². The SMILES string of the molecule is COc1ccc2c(c1OC)C(=O)O[C@@H]2[C@H]1c2c(c(N=Nc3c4c(c(OC)c5c3OCO5)[C@H]([C@H]3OC(=O)c5c3ccc(OC)c5OC)N(C)CC4)c3c(c2OC)OCO3)CCN1C. The summed E-state index contributed by atoms with van der Waals surface area (Å²) in [5.74, 6) is 2.72. The lowest BCUT2D eigenvalue weighted by molar-refractivity contribution is 0.00808. The van der Waals surface area contributed by atoms with E-state index in [1.807, 2.05) is 26.2 Å². The van der Waals surface area contributed by atoms with Crippen LogP contribution in [0.25, 0.3) is 0 Å². The number of carbonyl (C=O) groups excluding carboxylic acids is 2. The van der Waals surface area contributed by atoms with Gasteiger partial charge in [-0.3, -0.25) is 9.80 Å². The quantitative estimate of drug-likeness (QED) is 0.125. The summed E-state index contributed by atoms with van der Waals surface area (Å²) >= 11 is 0. The van der Waals surface area contributed by atoms with E-state index in [1.54, 1.807) is 26.4 Å². The van der Waals surface area contributed by atoms with Crippen molar-refractivity contribution in [3.63, 3.8) is 0 Å². The van der Waals surface area contributed by atoms with E-state index in [0.717, 1.165) is 22.3 Å². The Kier molecular flexibility index (Phi) is 9.58. The molecule has 0 amide bonds. The van der Waals surface area contributed by atoms with Gasteiger partial charge in [-0.05, 0) is 50.2 Å². The number of ether oxygens (including phenoxy) is 12. The molecular weight excluding hydrogens is 808 g/mol. The molecule has 0 radical (unpaired) electrons. The third-order valence-corrected chi connectivity index (χ3v) is 12.6. The summed E-state index contributed by atoms with van der Waals surface area (Å²) in [7, 11) is 13.1. The molecule has 62 heavy (non-hydrogen) atoms. The van der Waals surface area contributed by atoms with E-state index in [2.05, 4.69) is 9.80 Å². The smallest absolute Gasteiger partial charge is 0.343 e. The van der Waals surface area contributed by atoms with E-state index >= 15 is 0 Å². The Morgan fingerprint density at radius 2 is 0.919 bits per heavy atom. The third-order valence-electron chi connectivity index (χ3n) is 12.6. The average Bonchev–Trinajstić information content (AvgIpc) is 4.10. The molecule has 0 fully saturated rings. The molecule has 0 saturated carbocycles. The van der Waals surface area contributed by atoms with E-state index in [0.29, 0.717) is 117 Å². The van der Waals surface area contributed by atoms with Crippen molar-refractivity contribution in [2.75, 3.05) is 83.4 Å². The second kappa shape index (κ2) is 15.1. The zero-order valence-corrected chi connectivity index (χ0v) is 35.4. The number of rotatable bonds is 10. The Balaban J connectivity index is 1.13. The van der Waals surface area contributed by atoms with Crippen molar-refractivity contribution in [1.29, 1.82) is 0 Å². The number of fused-ring (bicyclic) bond motifs is 6. The van der Waals surface area contributed by atoms with Crippen molar-refractivity contribution >= 4 is 23.3 Å². The number of hydrogen-bond donors (Lipinski definition) is 0. The van der Waals surface area contributed by atoms with Crippen LogP contribution in [0.1, 0.15) is 78.4 Å². The highest BCUT2D eigenvalue weighted by Crippen LogP contribution is 2.62. The Bertz CT molecular complexity index is 2420. The standard InChI is InChI=1S/C44H44N4O14/c1-47-15-13-19-25(31(47)33-21-9-11-23(51-3)35(53-5)27(21)43(49)61-33)37(55-7)41-39(57-17-59-41)29(19)45-46-30-20-14-16-48(2)32(26(20)38(56-8)42-40(30)58-18-60-42)34-22-10-12-24(52-4)36(54-6)28(22)44(50)62-34/h9-12,31-34H,13-18H2,1-8H3/t31-,32-,33+,34+/m1/s1. The van der Waals surface area contributed by atoms with E-state index in [4.69, 9.17) is 67.1 Å². The summed E-state index contributed by atoms with van der Waals surface area (Å²) in [6.07, 6.45) is -0.468. The van der Waals surface area contributed by atoms with Crippen molar-refractivity contribution in [3.8, 4) is 57.5 Å². The molecule has 10 rings (SSSR count). The Labute approximate surface area is 356 Å². The van der Waals surface area contributed by atoms with E-state index in [9.17, 15) is 9.59 Å². The third kappa shape index (κ3) is 5.54. The minimum Gasteiger partial charge on any atom is -0.493 e. The number of benzene rings is 4. The lowest BCUT2D eigenvalue weighted by Crippen LogP contribution is -2.36. The van der Waals surface area contributed by atoms with Crippen LogP contribution >= 0.6 is 0 Å². The summed E-state index contributed by atoms with van der Waals surface area (Å²) in [6.45, 7) is 0.977. The van der Waals surface area contributed by atoms with Crippen LogP contribution < -0.4 is 47.4 Å². The zero-order chi connectivity index (χ0) is 43.1. The molecule has 0 spiro atoms. The van der Waals surface area contributed by atoms with Gasteiger partial charge in [0.15, 0.2) is 46.0 Å². The summed E-state index contributed by atoms with van der Waals surface area (Å²) in [5, 5.41) is 10.0. The first-order chi connectivity index (χ1) is 30.2. The number of likely N-dealkylation sites (N-methyl/N-ethyl adjacent to an activating group) is 2. The first kappa shape index (κ1) is 39.5. The van der Waals surface area contributed by atoms with Crippen molar-refractivity contribution in [2.45, 2.75) is 37.1 Å². The maximum absolute atomic E-state index is 13.6. The second-order valence-corrected chi connectivity index (χ2v) is 15.4. The van der Waals surface area contributed by atoms with Gasteiger partial charge in [-0.25, -0.2) is 9.59 Å². The number of carbonyl (C=O) groups is 2. The second-order valence-electron chi connectivity index (χ2n) is 15.4. The van der Waals surface area contributed by atoms with Gasteiger partial charge in [-0.2, -0.15) is 0 Å². The Morgan fingerprint density at radius 1 is 0.532 bits per heavy atom. The maximum Gasteiger partial charge on any atom is 0.343 e. The molecule has 4 atom stereocenters. The molecule has 0 bridgehead atoms. The average molecular weight is 853 g/mol. The first-order valence-corrected chi connectivity index (χ1v) is 20.0. The molecule has 18 heteroatoms. The van der Waals surface area contributed by atoms with E-state index in [1.165, 1.54) is 28.4 Å². The lowest BCUT2D eigenvalue weighted by atomic mass is 9.84. The molecule has 0 saturated heterocycles. The van der Waals surface area contributed by atoms with Gasteiger partial charge in [0.1, 0.15) is 34.7 Å². The molecule has 0 unspecified atom stereocenters. The molecule has 6 aliphatic rings. The van der Waals surface area contributed by atoms with Crippen molar-refractivity contribution < 1.29 is 66.4 Å². The Hall–Kier alpha value is -6.66. The summed E-state index contributed by atoms with van der Waals surface area (Å²) < 4.78 is 71.4. The first-order valence-electron chi connectivity index (χ1n) is 20.0. The minimum atomic E-state index is -0.757. The van der Waals surface area contributed by atoms with Crippen LogP contribution in [0.2, 0.25) is 0 Å². The van der Waals surface area contributed by atoms with Crippen molar-refractivity contribution in [3.05, 3.63) is 68.8 Å². The highest BCUT2D eigenvalue weighted by Gasteiger charge is 2.49. The molecular formula is C44H44N4O14. The summed E-state index contributed by atoms with van der Waals surface area (Å²) in [4.78, 5) is 31.5. The normalized spacial score (nSPS) is 21.8. The number of hydrogen-bond acceptors (Lipinski definition) is 18. The summed E-state index contributed by atoms with van der Waals surface area (Å²) in [5.41, 5.74) is 5.78. The molecule has 0 aliphatic carbocycles. The molecule has 324 valence electrons. The van der Waals surface area contributed by atoms with Crippen LogP contribution in [0.5, 0.6) is 57.5 Å². The Morgan fingerprint density at radius 3 is 1.29 bits per heavy atom. The van der Waals surface area contributed by atoms with Crippen LogP contribution in [-0.4, -0.2) is 105 Å². The topological polar surface area (TPSA) is 176 Å². The van der Waals surface area contributed by atoms with Crippen LogP contribution in [0.4, 0.5) is 11.4 Å². The van der Waals surface area contributed by atoms with Gasteiger partial charge in [-0.1, -0.05) is 12.1 Å². The van der Waals surface area contributed by atoms with Gasteiger partial charge in [0.25, 0.3) is 0 Å². The van der Waals surface area contributed by atoms with Gasteiger partial charge in [0, 0.05) is 35.3 Å². The van der Waals surface area contributed by atoms with Crippen molar-refractivity contribution in [1.82, 2.24) is 9.80 Å². The molecule has 0 aromatic heterocycles. The van der Waals surface area contributed by atoms with E-state index in [-0.39, 0.29) is 13.6 Å². The minimum absolute atomic E-state index is 0.0770. The van der Waals surface area contributed by atoms with Gasteiger partial charge in [0.2, 0.25) is 25.1 Å². The monoisotopic (exact) mass is 852 g/mol. The number of methoxy groups -OCH3 is 6. The fraction of sp³-hybridized carbons (Fsp3) is 0.409.